The van der Waals surface area contributed by atoms with Crippen LogP contribution in [0.5, 0.6) is 0 Å². The van der Waals surface area contributed by atoms with Gasteiger partial charge in [0.1, 0.15) is 7.05 Å². The van der Waals surface area contributed by atoms with Crippen LogP contribution in [0.3, 0.4) is 0 Å². The van der Waals surface area contributed by atoms with Crippen LogP contribution in [-0.4, -0.2) is 25.0 Å². The van der Waals surface area contributed by atoms with Gasteiger partial charge in [0.25, 0.3) is 5.69 Å². The highest BCUT2D eigenvalue weighted by Gasteiger charge is 2.23. The van der Waals surface area contributed by atoms with Crippen molar-refractivity contribution in [2.45, 2.75) is 0 Å². The van der Waals surface area contributed by atoms with Gasteiger partial charge in [-0.3, -0.25) is 18.9 Å². The lowest BCUT2D eigenvalue weighted by Crippen LogP contribution is -2.32. The Hall–Kier alpha value is -2.82. The Labute approximate surface area is 193 Å². The van der Waals surface area contributed by atoms with Crippen molar-refractivity contribution in [1.82, 2.24) is 0 Å². The monoisotopic (exact) mass is 495 g/mol. The molecule has 0 amide bonds. The van der Waals surface area contributed by atoms with Crippen LogP contribution < -0.4 is 4.57 Å². The zero-order valence-corrected chi connectivity index (χ0v) is 19.1. The fourth-order valence-electron chi connectivity index (χ4n) is 3.41. The van der Waals surface area contributed by atoms with E-state index in [4.69, 9.17) is 27.8 Å². The predicted molar refractivity (Wildman–Crippen MR) is 123 cm³/mol. The Morgan fingerprint density at radius 3 is 2.12 bits per heavy atom. The Kier molecular flexibility index (Phi) is 6.97. The molecule has 0 spiro atoms. The molecule has 1 heterocycles. The summed E-state index contributed by atoms with van der Waals surface area (Å²) in [5.41, 5.74) is 2.69. The van der Waals surface area contributed by atoms with Gasteiger partial charge < -0.3 is 0 Å². The van der Waals surface area contributed by atoms with Gasteiger partial charge in [-0.25, -0.2) is 0 Å². The highest BCUT2D eigenvalue weighted by atomic mass is 35.5. The first kappa shape index (κ1) is 23.8. The van der Waals surface area contributed by atoms with E-state index in [2.05, 4.69) is 4.18 Å². The van der Waals surface area contributed by atoms with E-state index in [1.54, 1.807) is 18.2 Å². The standard InChI is InChI=1S/C20H13Cl2N2O2.CH4O4S/c1-23-19-5-3-2-4-17(19)16-7-6-15(24(25)26)11-18(16)20(23)12-8-13(21)10-14(22)9-12;1-5-6(2,3)4/h2-11H,1H3;1H3,(H,2,3,4)/q+1;. The van der Waals surface area contributed by atoms with E-state index < -0.39 is 10.4 Å². The molecule has 0 bridgehead atoms. The molecule has 0 unspecified atom stereocenters. The van der Waals surface area contributed by atoms with Crippen LogP contribution in [0, 0.1) is 10.1 Å². The summed E-state index contributed by atoms with van der Waals surface area (Å²) in [5, 5.41) is 15.1. The zero-order chi connectivity index (χ0) is 23.6. The van der Waals surface area contributed by atoms with Gasteiger partial charge in [0.05, 0.1) is 22.8 Å². The molecule has 0 aliphatic carbocycles. The fraction of sp³-hybridized carbons (Fsp3) is 0.0952. The Morgan fingerprint density at radius 2 is 1.56 bits per heavy atom. The molecule has 0 saturated heterocycles. The topological polar surface area (TPSA) is 111 Å². The summed E-state index contributed by atoms with van der Waals surface area (Å²) in [5.74, 6) is 0. The maximum Gasteiger partial charge on any atom is 0.397 e. The van der Waals surface area contributed by atoms with Gasteiger partial charge in [0, 0.05) is 39.2 Å². The van der Waals surface area contributed by atoms with Crippen molar-refractivity contribution < 1.29 is 26.6 Å². The SMILES string of the molecule is COS(=O)(=O)O.C[n+]1c(-c2cc(Cl)cc(Cl)c2)c2cc([N+](=O)[O-])ccc2c2ccccc21. The maximum absolute atomic E-state index is 11.3. The highest BCUT2D eigenvalue weighted by molar-refractivity contribution is 7.80. The smallest absolute Gasteiger partial charge is 0.264 e. The lowest BCUT2D eigenvalue weighted by Gasteiger charge is -2.10. The number of nitrogens with zero attached hydrogens (tertiary/aromatic N) is 2. The van der Waals surface area contributed by atoms with Crippen LogP contribution in [0.4, 0.5) is 5.69 Å². The molecule has 4 aromatic rings. The summed E-state index contributed by atoms with van der Waals surface area (Å²) in [6.45, 7) is 0. The second-order valence-electron chi connectivity index (χ2n) is 6.66. The average Bonchev–Trinajstić information content (AvgIpc) is 2.73. The minimum absolute atomic E-state index is 0.0437. The Balaban J connectivity index is 0.000000427. The molecular formula is C21H17Cl2N2O6S+. The molecule has 0 saturated carbocycles. The van der Waals surface area contributed by atoms with Crippen molar-refractivity contribution in [2.24, 2.45) is 7.05 Å². The van der Waals surface area contributed by atoms with Crippen molar-refractivity contribution in [2.75, 3.05) is 7.11 Å². The van der Waals surface area contributed by atoms with Gasteiger partial charge in [-0.1, -0.05) is 35.3 Å². The second-order valence-corrected chi connectivity index (χ2v) is 8.73. The number of hydrogen-bond acceptors (Lipinski definition) is 5. The summed E-state index contributed by atoms with van der Waals surface area (Å²) in [6.07, 6.45) is 0. The molecule has 166 valence electrons. The van der Waals surface area contributed by atoms with Crippen molar-refractivity contribution in [3.63, 3.8) is 0 Å². The Bertz CT molecular complexity index is 1440. The van der Waals surface area contributed by atoms with Crippen LogP contribution in [0.1, 0.15) is 0 Å². The van der Waals surface area contributed by atoms with E-state index in [1.165, 1.54) is 6.07 Å². The minimum Gasteiger partial charge on any atom is -0.264 e. The van der Waals surface area contributed by atoms with E-state index in [0.29, 0.717) is 10.0 Å². The molecule has 11 heteroatoms. The van der Waals surface area contributed by atoms with Gasteiger partial charge in [-0.05, 0) is 30.3 Å². The van der Waals surface area contributed by atoms with Gasteiger partial charge in [-0.15, -0.1) is 0 Å². The highest BCUT2D eigenvalue weighted by Crippen LogP contribution is 2.35. The number of para-hydroxylation sites is 1. The minimum atomic E-state index is -4.16. The van der Waals surface area contributed by atoms with Crippen LogP contribution >= 0.6 is 23.2 Å². The van der Waals surface area contributed by atoms with Crippen molar-refractivity contribution >= 4 is 61.0 Å². The molecule has 0 fully saturated rings. The van der Waals surface area contributed by atoms with Crippen LogP contribution in [0.15, 0.2) is 60.7 Å². The molecule has 1 N–H and O–H groups in total. The fourth-order valence-corrected chi connectivity index (χ4v) is 3.94. The summed E-state index contributed by atoms with van der Waals surface area (Å²) in [4.78, 5) is 10.9. The first-order valence-electron chi connectivity index (χ1n) is 9.00. The average molecular weight is 496 g/mol. The van der Waals surface area contributed by atoms with E-state index in [1.807, 2.05) is 48.0 Å². The largest absolute Gasteiger partial charge is 0.397 e. The van der Waals surface area contributed by atoms with E-state index in [0.717, 1.165) is 40.0 Å². The number of pyridine rings is 1. The zero-order valence-electron chi connectivity index (χ0n) is 16.8. The predicted octanol–water partition coefficient (Wildman–Crippen LogP) is 5.14. The number of halogens is 2. The van der Waals surface area contributed by atoms with Crippen LogP contribution in [0.25, 0.3) is 32.9 Å². The van der Waals surface area contributed by atoms with Crippen molar-refractivity contribution in [3.05, 3.63) is 80.8 Å². The molecule has 0 radical (unpaired) electrons. The number of aryl methyl sites for hydroxylation is 1. The van der Waals surface area contributed by atoms with E-state index >= 15 is 0 Å². The normalized spacial score (nSPS) is 11.3. The number of aromatic nitrogens is 1. The number of non-ortho nitro benzene ring substituents is 1. The quantitative estimate of drug-likeness (QED) is 0.138. The third kappa shape index (κ3) is 5.14. The number of hydrogen-bond donors (Lipinski definition) is 1. The van der Waals surface area contributed by atoms with E-state index in [9.17, 15) is 18.5 Å². The summed E-state index contributed by atoms with van der Waals surface area (Å²) in [7, 11) is -1.36. The lowest BCUT2D eigenvalue weighted by atomic mass is 9.98. The lowest BCUT2D eigenvalue weighted by molar-refractivity contribution is -0.632. The molecule has 0 aliphatic heterocycles. The summed E-state index contributed by atoms with van der Waals surface area (Å²) >= 11 is 12.4. The molecule has 0 atom stereocenters. The van der Waals surface area contributed by atoms with Crippen LogP contribution in [0.2, 0.25) is 10.0 Å². The van der Waals surface area contributed by atoms with E-state index in [-0.39, 0.29) is 10.6 Å². The molecular weight excluding hydrogens is 479 g/mol. The van der Waals surface area contributed by atoms with Gasteiger partial charge in [0.15, 0.2) is 0 Å². The Morgan fingerprint density at radius 1 is 0.969 bits per heavy atom. The summed E-state index contributed by atoms with van der Waals surface area (Å²) < 4.78 is 31.7. The first-order valence-corrected chi connectivity index (χ1v) is 11.1. The molecule has 3 aromatic carbocycles. The van der Waals surface area contributed by atoms with Crippen molar-refractivity contribution in [3.8, 4) is 11.3 Å². The summed E-state index contributed by atoms with van der Waals surface area (Å²) in [6, 6.07) is 18.2. The van der Waals surface area contributed by atoms with Gasteiger partial charge >= 0.3 is 10.4 Å². The third-order valence-electron chi connectivity index (χ3n) is 4.71. The van der Waals surface area contributed by atoms with Crippen LogP contribution in [-0.2, 0) is 21.6 Å². The third-order valence-corrected chi connectivity index (χ3v) is 5.56. The van der Waals surface area contributed by atoms with Crippen molar-refractivity contribution in [1.29, 1.82) is 0 Å². The molecule has 1 aromatic heterocycles. The number of nitro benzene ring substituents is 1. The number of fused-ring (bicyclic) bond motifs is 3. The maximum atomic E-state index is 11.3. The number of rotatable bonds is 3. The molecule has 8 nitrogen and oxygen atoms in total. The first-order chi connectivity index (χ1) is 15.0. The second kappa shape index (κ2) is 9.35. The molecule has 0 aliphatic rings. The molecule has 32 heavy (non-hydrogen) atoms. The van der Waals surface area contributed by atoms with Gasteiger partial charge in [0.2, 0.25) is 11.2 Å². The molecule has 4 rings (SSSR count). The number of benzene rings is 3. The number of nitro groups is 1. The van der Waals surface area contributed by atoms with Gasteiger partial charge in [-0.2, -0.15) is 13.0 Å².